The standard InChI is InChI=1S/C10H12ClN5/c1-6-9(11)15-7(2)16-10(6)12-3-8-4-13-14-5-8/h4-5H,3H2,1-2H3,(H,13,14)(H,12,15,16). The van der Waals surface area contributed by atoms with Gasteiger partial charge in [0.05, 0.1) is 6.20 Å². The molecule has 2 N–H and O–H groups in total. The van der Waals surface area contributed by atoms with Crippen molar-refractivity contribution < 1.29 is 0 Å². The molecule has 2 heterocycles. The predicted molar refractivity (Wildman–Crippen MR) is 62.4 cm³/mol. The molecule has 2 aromatic rings. The molecular weight excluding hydrogens is 226 g/mol. The number of hydrogen-bond acceptors (Lipinski definition) is 4. The van der Waals surface area contributed by atoms with Crippen LogP contribution in [0.5, 0.6) is 0 Å². The number of aryl methyl sites for hydroxylation is 1. The van der Waals surface area contributed by atoms with Crippen LogP contribution in [-0.4, -0.2) is 20.2 Å². The summed E-state index contributed by atoms with van der Waals surface area (Å²) in [7, 11) is 0. The summed E-state index contributed by atoms with van der Waals surface area (Å²) in [5.74, 6) is 1.42. The van der Waals surface area contributed by atoms with Gasteiger partial charge in [-0.1, -0.05) is 11.6 Å². The molecule has 16 heavy (non-hydrogen) atoms. The summed E-state index contributed by atoms with van der Waals surface area (Å²) in [6, 6.07) is 0. The van der Waals surface area contributed by atoms with Crippen molar-refractivity contribution in [3.05, 3.63) is 34.5 Å². The molecule has 2 aromatic heterocycles. The number of aromatic amines is 1. The fraction of sp³-hybridized carbons (Fsp3) is 0.300. The highest BCUT2D eigenvalue weighted by molar-refractivity contribution is 6.30. The van der Waals surface area contributed by atoms with Gasteiger partial charge in [-0.05, 0) is 13.8 Å². The van der Waals surface area contributed by atoms with E-state index in [2.05, 4.69) is 25.5 Å². The highest BCUT2D eigenvalue weighted by atomic mass is 35.5. The summed E-state index contributed by atoms with van der Waals surface area (Å²) in [4.78, 5) is 8.37. The fourth-order valence-corrected chi connectivity index (χ4v) is 1.54. The summed E-state index contributed by atoms with van der Waals surface area (Å²) in [5, 5.41) is 10.3. The van der Waals surface area contributed by atoms with Crippen molar-refractivity contribution >= 4 is 17.4 Å². The number of anilines is 1. The van der Waals surface area contributed by atoms with Crippen LogP contribution < -0.4 is 5.32 Å². The molecule has 0 unspecified atom stereocenters. The van der Waals surface area contributed by atoms with E-state index in [1.54, 1.807) is 6.20 Å². The van der Waals surface area contributed by atoms with Gasteiger partial charge in [0, 0.05) is 23.9 Å². The maximum atomic E-state index is 5.97. The average molecular weight is 238 g/mol. The van der Waals surface area contributed by atoms with Crippen molar-refractivity contribution in [1.29, 1.82) is 0 Å². The van der Waals surface area contributed by atoms with Crippen LogP contribution in [0.15, 0.2) is 12.4 Å². The lowest BCUT2D eigenvalue weighted by Gasteiger charge is -2.09. The second-order valence-corrected chi connectivity index (χ2v) is 3.85. The molecule has 0 aliphatic rings. The maximum absolute atomic E-state index is 5.97. The molecule has 0 saturated carbocycles. The molecule has 0 radical (unpaired) electrons. The molecule has 0 bridgehead atoms. The van der Waals surface area contributed by atoms with Crippen LogP contribution in [0.1, 0.15) is 17.0 Å². The van der Waals surface area contributed by atoms with Gasteiger partial charge >= 0.3 is 0 Å². The second kappa shape index (κ2) is 4.49. The van der Waals surface area contributed by atoms with Crippen molar-refractivity contribution in [3.8, 4) is 0 Å². The minimum Gasteiger partial charge on any atom is -0.366 e. The van der Waals surface area contributed by atoms with E-state index in [0.717, 1.165) is 16.9 Å². The van der Waals surface area contributed by atoms with Gasteiger partial charge in [0.2, 0.25) is 0 Å². The predicted octanol–water partition coefficient (Wildman–Crippen LogP) is 2.08. The van der Waals surface area contributed by atoms with Crippen LogP contribution in [0.4, 0.5) is 5.82 Å². The Labute approximate surface area is 98.3 Å². The Morgan fingerprint density at radius 2 is 2.19 bits per heavy atom. The first-order valence-electron chi connectivity index (χ1n) is 4.89. The highest BCUT2D eigenvalue weighted by Crippen LogP contribution is 2.19. The Kier molecular flexibility index (Phi) is 3.05. The first kappa shape index (κ1) is 10.9. The van der Waals surface area contributed by atoms with E-state index in [1.807, 2.05) is 20.0 Å². The van der Waals surface area contributed by atoms with Gasteiger partial charge in [0.1, 0.15) is 16.8 Å². The first-order valence-corrected chi connectivity index (χ1v) is 5.27. The summed E-state index contributed by atoms with van der Waals surface area (Å²) in [5.41, 5.74) is 1.92. The lowest BCUT2D eigenvalue weighted by Crippen LogP contribution is -2.05. The van der Waals surface area contributed by atoms with Gasteiger partial charge in [0.25, 0.3) is 0 Å². The minimum atomic E-state index is 0.488. The molecule has 6 heteroatoms. The summed E-state index contributed by atoms with van der Waals surface area (Å²) < 4.78 is 0. The van der Waals surface area contributed by atoms with Crippen molar-refractivity contribution in [2.45, 2.75) is 20.4 Å². The summed E-state index contributed by atoms with van der Waals surface area (Å²) in [6.45, 7) is 4.36. The van der Waals surface area contributed by atoms with E-state index in [1.165, 1.54) is 0 Å². The zero-order valence-electron chi connectivity index (χ0n) is 9.08. The Morgan fingerprint density at radius 3 is 2.88 bits per heavy atom. The third-order valence-electron chi connectivity index (χ3n) is 2.21. The Bertz CT molecular complexity index is 480. The number of H-pyrrole nitrogens is 1. The Morgan fingerprint density at radius 1 is 1.38 bits per heavy atom. The zero-order valence-corrected chi connectivity index (χ0v) is 9.84. The van der Waals surface area contributed by atoms with Crippen molar-refractivity contribution in [1.82, 2.24) is 20.2 Å². The number of hydrogen-bond donors (Lipinski definition) is 2. The highest BCUT2D eigenvalue weighted by Gasteiger charge is 2.06. The third kappa shape index (κ3) is 2.30. The van der Waals surface area contributed by atoms with Gasteiger partial charge in [-0.25, -0.2) is 9.97 Å². The largest absolute Gasteiger partial charge is 0.366 e. The average Bonchev–Trinajstić information content (AvgIpc) is 2.74. The summed E-state index contributed by atoms with van der Waals surface area (Å²) >= 11 is 5.97. The lowest BCUT2D eigenvalue weighted by atomic mass is 10.3. The molecule has 5 nitrogen and oxygen atoms in total. The second-order valence-electron chi connectivity index (χ2n) is 3.50. The Hall–Kier alpha value is -1.62. The van der Waals surface area contributed by atoms with E-state index in [4.69, 9.17) is 11.6 Å². The van der Waals surface area contributed by atoms with Crippen LogP contribution >= 0.6 is 11.6 Å². The molecule has 0 saturated heterocycles. The molecule has 84 valence electrons. The van der Waals surface area contributed by atoms with E-state index in [0.29, 0.717) is 17.5 Å². The summed E-state index contributed by atoms with van der Waals surface area (Å²) in [6.07, 6.45) is 3.59. The smallest absolute Gasteiger partial charge is 0.137 e. The van der Waals surface area contributed by atoms with Crippen LogP contribution in [-0.2, 0) is 6.54 Å². The van der Waals surface area contributed by atoms with Crippen LogP contribution in [0.2, 0.25) is 5.15 Å². The monoisotopic (exact) mass is 237 g/mol. The molecular formula is C10H12ClN5. The van der Waals surface area contributed by atoms with E-state index >= 15 is 0 Å². The molecule has 0 fully saturated rings. The van der Waals surface area contributed by atoms with Crippen LogP contribution in [0.3, 0.4) is 0 Å². The van der Waals surface area contributed by atoms with Crippen molar-refractivity contribution in [2.24, 2.45) is 0 Å². The molecule has 0 amide bonds. The molecule has 0 spiro atoms. The molecule has 0 aromatic carbocycles. The molecule has 0 aliphatic carbocycles. The molecule has 2 rings (SSSR count). The SMILES string of the molecule is Cc1nc(Cl)c(C)c(NCc2cn[nH]c2)n1. The zero-order chi connectivity index (χ0) is 11.5. The number of nitrogens with zero attached hydrogens (tertiary/aromatic N) is 3. The van der Waals surface area contributed by atoms with Crippen LogP contribution in [0, 0.1) is 13.8 Å². The molecule has 0 atom stereocenters. The van der Waals surface area contributed by atoms with E-state index < -0.39 is 0 Å². The van der Waals surface area contributed by atoms with Gasteiger partial charge in [-0.15, -0.1) is 0 Å². The van der Waals surface area contributed by atoms with E-state index in [9.17, 15) is 0 Å². The third-order valence-corrected chi connectivity index (χ3v) is 2.58. The topological polar surface area (TPSA) is 66.5 Å². The van der Waals surface area contributed by atoms with Gasteiger partial charge in [-0.2, -0.15) is 5.10 Å². The van der Waals surface area contributed by atoms with E-state index in [-0.39, 0.29) is 0 Å². The number of nitrogens with one attached hydrogen (secondary N) is 2. The fourth-order valence-electron chi connectivity index (χ4n) is 1.33. The maximum Gasteiger partial charge on any atom is 0.137 e. The quantitative estimate of drug-likeness (QED) is 0.803. The van der Waals surface area contributed by atoms with Gasteiger partial charge in [0.15, 0.2) is 0 Å². The van der Waals surface area contributed by atoms with Crippen LogP contribution in [0.25, 0.3) is 0 Å². The van der Waals surface area contributed by atoms with Crippen molar-refractivity contribution in [2.75, 3.05) is 5.32 Å². The number of aromatic nitrogens is 4. The number of halogens is 1. The first-order chi connectivity index (χ1) is 7.66. The lowest BCUT2D eigenvalue weighted by molar-refractivity contribution is 1.00. The number of rotatable bonds is 3. The molecule has 0 aliphatic heterocycles. The normalized spacial score (nSPS) is 10.4. The Balaban J connectivity index is 2.15. The van der Waals surface area contributed by atoms with Gasteiger partial charge < -0.3 is 5.32 Å². The van der Waals surface area contributed by atoms with Gasteiger partial charge in [-0.3, -0.25) is 5.10 Å². The minimum absolute atomic E-state index is 0.488. The van der Waals surface area contributed by atoms with Crippen molar-refractivity contribution in [3.63, 3.8) is 0 Å².